The molecule has 1 aromatic heterocycles. The molecule has 1 amide bonds. The molecule has 0 atom stereocenters. The minimum absolute atomic E-state index is 0.0399. The van der Waals surface area contributed by atoms with Crippen LogP contribution in [0.2, 0.25) is 0 Å². The van der Waals surface area contributed by atoms with Gasteiger partial charge in [-0.2, -0.15) is 0 Å². The molecule has 2 heterocycles. The molecular weight excluding hydrogens is 266 g/mol. The van der Waals surface area contributed by atoms with Gasteiger partial charge in [-0.25, -0.2) is 4.79 Å². The van der Waals surface area contributed by atoms with E-state index in [1.54, 1.807) is 11.3 Å². The summed E-state index contributed by atoms with van der Waals surface area (Å²) >= 11 is 1.59. The van der Waals surface area contributed by atoms with E-state index < -0.39 is 5.97 Å². The highest BCUT2D eigenvalue weighted by Gasteiger charge is 2.23. The molecule has 1 aliphatic rings. The summed E-state index contributed by atoms with van der Waals surface area (Å²) in [6.07, 6.45) is 1.84. The topological polar surface area (TPSA) is 66.8 Å². The lowest BCUT2D eigenvalue weighted by molar-refractivity contribution is -0.146. The number of amides is 1. The predicted octanol–water partition coefficient (Wildman–Crippen LogP) is 1.38. The number of carboxylic acid groups (broad SMARTS) is 1. The van der Waals surface area contributed by atoms with Crippen molar-refractivity contribution in [1.82, 2.24) is 4.90 Å². The fourth-order valence-corrected chi connectivity index (χ4v) is 2.83. The molecule has 19 heavy (non-hydrogen) atoms. The van der Waals surface area contributed by atoms with Crippen molar-refractivity contribution >= 4 is 23.2 Å². The van der Waals surface area contributed by atoms with Gasteiger partial charge in [-0.1, -0.05) is 6.07 Å². The lowest BCUT2D eigenvalue weighted by Crippen LogP contribution is -2.41. The van der Waals surface area contributed by atoms with Crippen LogP contribution in [0, 0.1) is 0 Å². The molecule has 1 saturated heterocycles. The SMILES string of the molecule is O=C(O)COC1CCN(C(=O)Cc2cccs2)CC1. The number of hydrogen-bond acceptors (Lipinski definition) is 4. The Morgan fingerprint density at radius 3 is 2.74 bits per heavy atom. The molecule has 5 nitrogen and oxygen atoms in total. The van der Waals surface area contributed by atoms with Crippen molar-refractivity contribution in [2.45, 2.75) is 25.4 Å². The number of nitrogens with zero attached hydrogens (tertiary/aromatic N) is 1. The van der Waals surface area contributed by atoms with E-state index in [2.05, 4.69) is 0 Å². The minimum Gasteiger partial charge on any atom is -0.480 e. The van der Waals surface area contributed by atoms with E-state index in [0.29, 0.717) is 32.4 Å². The van der Waals surface area contributed by atoms with Crippen LogP contribution in [-0.2, 0) is 20.7 Å². The Morgan fingerprint density at radius 1 is 1.42 bits per heavy atom. The van der Waals surface area contributed by atoms with Crippen LogP contribution >= 0.6 is 11.3 Å². The third kappa shape index (κ3) is 4.33. The highest BCUT2D eigenvalue weighted by Crippen LogP contribution is 2.16. The van der Waals surface area contributed by atoms with Crippen molar-refractivity contribution in [3.63, 3.8) is 0 Å². The quantitative estimate of drug-likeness (QED) is 0.886. The summed E-state index contributed by atoms with van der Waals surface area (Å²) in [6.45, 7) is 1.04. The molecule has 0 aromatic carbocycles. The van der Waals surface area contributed by atoms with Gasteiger partial charge in [0.25, 0.3) is 0 Å². The highest BCUT2D eigenvalue weighted by atomic mass is 32.1. The van der Waals surface area contributed by atoms with Gasteiger partial charge in [-0.15, -0.1) is 11.3 Å². The maximum atomic E-state index is 12.0. The van der Waals surface area contributed by atoms with Crippen molar-refractivity contribution in [3.05, 3.63) is 22.4 Å². The number of hydrogen-bond donors (Lipinski definition) is 1. The summed E-state index contributed by atoms with van der Waals surface area (Å²) in [5.41, 5.74) is 0. The zero-order valence-electron chi connectivity index (χ0n) is 10.6. The lowest BCUT2D eigenvalue weighted by Gasteiger charge is -2.31. The van der Waals surface area contributed by atoms with Gasteiger partial charge in [0.05, 0.1) is 12.5 Å². The molecule has 6 heteroatoms. The number of carbonyl (C=O) groups excluding carboxylic acids is 1. The fraction of sp³-hybridized carbons (Fsp3) is 0.538. The van der Waals surface area contributed by atoms with Crippen LogP contribution in [0.15, 0.2) is 17.5 Å². The zero-order chi connectivity index (χ0) is 13.7. The molecule has 1 N–H and O–H groups in total. The van der Waals surface area contributed by atoms with E-state index in [1.807, 2.05) is 22.4 Å². The first-order valence-electron chi connectivity index (χ1n) is 6.28. The molecule has 2 rings (SSSR count). The van der Waals surface area contributed by atoms with Crippen LogP contribution in [0.1, 0.15) is 17.7 Å². The number of thiophene rings is 1. The third-order valence-corrected chi connectivity index (χ3v) is 4.02. The second-order valence-electron chi connectivity index (χ2n) is 4.54. The van der Waals surface area contributed by atoms with Crippen molar-refractivity contribution in [1.29, 1.82) is 0 Å². The van der Waals surface area contributed by atoms with E-state index >= 15 is 0 Å². The number of piperidine rings is 1. The van der Waals surface area contributed by atoms with Crippen LogP contribution in [-0.4, -0.2) is 47.7 Å². The van der Waals surface area contributed by atoms with Crippen LogP contribution in [0.3, 0.4) is 0 Å². The standard InChI is InChI=1S/C13H17NO4S/c15-12(8-11-2-1-7-19-11)14-5-3-10(4-6-14)18-9-13(16)17/h1-2,7,10H,3-6,8-9H2,(H,16,17). The van der Waals surface area contributed by atoms with Crippen molar-refractivity contribution in [2.75, 3.05) is 19.7 Å². The molecule has 0 saturated carbocycles. The molecule has 0 radical (unpaired) electrons. The average Bonchev–Trinajstić information content (AvgIpc) is 2.89. The summed E-state index contributed by atoms with van der Waals surface area (Å²) in [7, 11) is 0. The predicted molar refractivity (Wildman–Crippen MR) is 71.2 cm³/mol. The molecule has 0 bridgehead atoms. The van der Waals surface area contributed by atoms with E-state index in [4.69, 9.17) is 9.84 Å². The summed E-state index contributed by atoms with van der Waals surface area (Å²) in [5, 5.41) is 10.5. The largest absolute Gasteiger partial charge is 0.480 e. The first-order valence-corrected chi connectivity index (χ1v) is 7.16. The molecule has 0 spiro atoms. The molecule has 0 aliphatic carbocycles. The Bertz CT molecular complexity index is 424. The van der Waals surface area contributed by atoms with Gasteiger partial charge in [-0.05, 0) is 24.3 Å². The smallest absolute Gasteiger partial charge is 0.329 e. The number of ether oxygens (including phenoxy) is 1. The fourth-order valence-electron chi connectivity index (χ4n) is 2.14. The first-order chi connectivity index (χ1) is 9.15. The maximum Gasteiger partial charge on any atom is 0.329 e. The monoisotopic (exact) mass is 283 g/mol. The van der Waals surface area contributed by atoms with Gasteiger partial charge in [0.1, 0.15) is 6.61 Å². The summed E-state index contributed by atoms with van der Waals surface area (Å²) in [6, 6.07) is 3.91. The number of carboxylic acids is 1. The summed E-state index contributed by atoms with van der Waals surface area (Å²) in [5.74, 6) is -0.810. The number of rotatable bonds is 5. The first kappa shape index (κ1) is 14.0. The molecule has 1 aliphatic heterocycles. The molecule has 104 valence electrons. The van der Waals surface area contributed by atoms with Crippen molar-refractivity contribution < 1.29 is 19.4 Å². The normalized spacial score (nSPS) is 16.5. The Hall–Kier alpha value is -1.40. The second kappa shape index (κ2) is 6.68. The maximum absolute atomic E-state index is 12.0. The summed E-state index contributed by atoms with van der Waals surface area (Å²) in [4.78, 5) is 25.4. The second-order valence-corrected chi connectivity index (χ2v) is 5.57. The molecular formula is C13H17NO4S. The van der Waals surface area contributed by atoms with E-state index in [1.165, 1.54) is 0 Å². The summed E-state index contributed by atoms with van der Waals surface area (Å²) < 4.78 is 5.24. The minimum atomic E-state index is -0.948. The molecule has 0 unspecified atom stereocenters. The van der Waals surface area contributed by atoms with E-state index in [9.17, 15) is 9.59 Å². The van der Waals surface area contributed by atoms with Gasteiger partial charge < -0.3 is 14.7 Å². The van der Waals surface area contributed by atoms with Gasteiger partial charge in [0, 0.05) is 18.0 Å². The van der Waals surface area contributed by atoms with E-state index in [0.717, 1.165) is 4.88 Å². The Labute approximate surface area is 115 Å². The Balaban J connectivity index is 1.73. The Morgan fingerprint density at radius 2 is 2.16 bits per heavy atom. The lowest BCUT2D eigenvalue weighted by atomic mass is 10.1. The van der Waals surface area contributed by atoms with Crippen LogP contribution in [0.25, 0.3) is 0 Å². The van der Waals surface area contributed by atoms with Crippen LogP contribution in [0.5, 0.6) is 0 Å². The zero-order valence-corrected chi connectivity index (χ0v) is 11.4. The average molecular weight is 283 g/mol. The molecule has 1 aromatic rings. The number of likely N-dealkylation sites (tertiary alicyclic amines) is 1. The Kier molecular flexibility index (Phi) is 4.93. The number of aliphatic carboxylic acids is 1. The highest BCUT2D eigenvalue weighted by molar-refractivity contribution is 7.10. The third-order valence-electron chi connectivity index (χ3n) is 3.14. The van der Waals surface area contributed by atoms with Crippen molar-refractivity contribution in [3.8, 4) is 0 Å². The van der Waals surface area contributed by atoms with Gasteiger partial charge >= 0.3 is 5.97 Å². The molecule has 1 fully saturated rings. The van der Waals surface area contributed by atoms with Crippen molar-refractivity contribution in [2.24, 2.45) is 0 Å². The van der Waals surface area contributed by atoms with Gasteiger partial charge in [0.2, 0.25) is 5.91 Å². The van der Waals surface area contributed by atoms with E-state index in [-0.39, 0.29) is 18.6 Å². The van der Waals surface area contributed by atoms with Gasteiger partial charge in [0.15, 0.2) is 0 Å². The van der Waals surface area contributed by atoms with Crippen LogP contribution < -0.4 is 0 Å². The number of carbonyl (C=O) groups is 2. The van der Waals surface area contributed by atoms with Crippen LogP contribution in [0.4, 0.5) is 0 Å². The van der Waals surface area contributed by atoms with Gasteiger partial charge in [-0.3, -0.25) is 4.79 Å².